The van der Waals surface area contributed by atoms with Crippen LogP contribution in [0.3, 0.4) is 0 Å². The fraction of sp³-hybridized carbons (Fsp3) is 0.400. The van der Waals surface area contributed by atoms with E-state index in [4.69, 9.17) is 4.98 Å². The zero-order valence-corrected chi connectivity index (χ0v) is 33.4. The highest BCUT2D eigenvalue weighted by Crippen LogP contribution is 2.37. The van der Waals surface area contributed by atoms with Crippen molar-refractivity contribution in [3.05, 3.63) is 108 Å². The first-order valence-corrected chi connectivity index (χ1v) is 20.4. The molecule has 3 amide bonds. The Kier molecular flexibility index (Phi) is 12.2. The Labute approximate surface area is 334 Å². The standard InChI is InChI=1S/C45H54N8O4/c1-5-13-39(50(4)45(56)57)43(54)52-26-11-16-37(52)41-46-28-35(48-41)32-22-18-30(19-23-32)31-20-24-33(25-21-31)36-29-47-42(49-36)38-17-12-27-53(38)44(55)40(51(6-2)7-3)34-14-9-8-10-15-34/h8-10,14-15,18-25,28-29,37-40H,5-7,11-13,16-17,26-27H2,1-4H3,(H,46,48)(H,47,49)(H,56,57)/t37-,38-,39-,40+/m0/s1. The van der Waals surface area contributed by atoms with Gasteiger partial charge in [0.25, 0.3) is 0 Å². The highest BCUT2D eigenvalue weighted by atomic mass is 16.4. The van der Waals surface area contributed by atoms with Crippen molar-refractivity contribution >= 4 is 17.9 Å². The molecule has 7 rings (SSSR count). The summed E-state index contributed by atoms with van der Waals surface area (Å²) in [5.41, 5.74) is 6.97. The third-order valence-corrected chi connectivity index (χ3v) is 11.8. The van der Waals surface area contributed by atoms with Crippen LogP contribution in [0.4, 0.5) is 4.79 Å². The molecule has 0 bridgehead atoms. The summed E-state index contributed by atoms with van der Waals surface area (Å²) in [5, 5.41) is 9.58. The molecule has 4 atom stereocenters. The lowest BCUT2D eigenvalue weighted by Crippen LogP contribution is -2.48. The van der Waals surface area contributed by atoms with E-state index in [0.29, 0.717) is 31.8 Å². The number of likely N-dealkylation sites (tertiary alicyclic amines) is 2. The highest BCUT2D eigenvalue weighted by Gasteiger charge is 2.39. The number of carboxylic acid groups (broad SMARTS) is 1. The smallest absolute Gasteiger partial charge is 0.407 e. The number of rotatable bonds is 14. The summed E-state index contributed by atoms with van der Waals surface area (Å²) in [6, 6.07) is 25.5. The summed E-state index contributed by atoms with van der Waals surface area (Å²) in [6.45, 7) is 9.05. The molecule has 2 aliphatic heterocycles. The second-order valence-electron chi connectivity index (χ2n) is 15.1. The van der Waals surface area contributed by atoms with Gasteiger partial charge in [0.05, 0.1) is 35.9 Å². The van der Waals surface area contributed by atoms with Crippen molar-refractivity contribution in [3.8, 4) is 33.6 Å². The molecule has 12 nitrogen and oxygen atoms in total. The van der Waals surface area contributed by atoms with Crippen LogP contribution in [0.2, 0.25) is 0 Å². The zero-order chi connectivity index (χ0) is 40.1. The Bertz CT molecular complexity index is 2130. The molecule has 2 saturated heterocycles. The van der Waals surface area contributed by atoms with Gasteiger partial charge in [-0.05, 0) is 73.0 Å². The van der Waals surface area contributed by atoms with Crippen LogP contribution in [0.1, 0.15) is 94.6 Å². The molecule has 3 aromatic carbocycles. The first kappa shape index (κ1) is 39.5. The largest absolute Gasteiger partial charge is 0.465 e. The molecule has 0 radical (unpaired) electrons. The molecule has 4 heterocycles. The van der Waals surface area contributed by atoms with E-state index in [9.17, 15) is 19.5 Å². The minimum atomic E-state index is -1.10. The summed E-state index contributed by atoms with van der Waals surface area (Å²) in [7, 11) is 1.47. The maximum Gasteiger partial charge on any atom is 0.407 e. The van der Waals surface area contributed by atoms with Gasteiger partial charge in [0, 0.05) is 20.1 Å². The lowest BCUT2D eigenvalue weighted by Gasteiger charge is -2.34. The first-order valence-electron chi connectivity index (χ1n) is 20.4. The van der Waals surface area contributed by atoms with Crippen LogP contribution in [0, 0.1) is 0 Å². The third kappa shape index (κ3) is 8.23. The SMILES string of the molecule is CCC[C@@H](C(=O)N1CCC[C@H]1c1ncc(-c2ccc(-c3ccc(-c4cnc([C@@H]5CCCN5C(=O)[C@@H](c5ccccc5)N(CC)CC)[nH]4)cc3)cc2)[nH]1)N(C)C(=O)O. The number of aromatic amines is 2. The molecule has 2 fully saturated rings. The molecule has 0 unspecified atom stereocenters. The van der Waals surface area contributed by atoms with Gasteiger partial charge < -0.3 is 24.9 Å². The third-order valence-electron chi connectivity index (χ3n) is 11.8. The van der Waals surface area contributed by atoms with Gasteiger partial charge in [0.1, 0.15) is 23.7 Å². The van der Waals surface area contributed by atoms with Crippen molar-refractivity contribution in [1.82, 2.24) is 39.5 Å². The minimum absolute atomic E-state index is 0.0969. The number of H-pyrrole nitrogens is 2. The van der Waals surface area contributed by atoms with Crippen molar-refractivity contribution in [2.45, 2.75) is 83.5 Å². The van der Waals surface area contributed by atoms with Crippen molar-refractivity contribution in [1.29, 1.82) is 0 Å². The molecule has 2 aromatic heterocycles. The molecule has 298 valence electrons. The molecule has 12 heteroatoms. The van der Waals surface area contributed by atoms with E-state index in [1.807, 2.05) is 36.2 Å². The van der Waals surface area contributed by atoms with Gasteiger partial charge in [-0.2, -0.15) is 0 Å². The summed E-state index contributed by atoms with van der Waals surface area (Å²) in [6.07, 6.45) is 7.18. The van der Waals surface area contributed by atoms with Crippen LogP contribution in [-0.4, -0.2) is 102 Å². The lowest BCUT2D eigenvalue weighted by molar-refractivity contribution is -0.138. The average molecular weight is 771 g/mol. The van der Waals surface area contributed by atoms with Crippen LogP contribution >= 0.6 is 0 Å². The first-order chi connectivity index (χ1) is 27.7. The maximum absolute atomic E-state index is 14.2. The van der Waals surface area contributed by atoms with E-state index >= 15 is 0 Å². The Balaban J connectivity index is 1.02. The van der Waals surface area contributed by atoms with Crippen molar-refractivity contribution in [2.24, 2.45) is 0 Å². The van der Waals surface area contributed by atoms with Crippen molar-refractivity contribution < 1.29 is 19.5 Å². The number of hydrogen-bond acceptors (Lipinski definition) is 6. The van der Waals surface area contributed by atoms with E-state index in [-0.39, 0.29) is 29.9 Å². The van der Waals surface area contributed by atoms with Gasteiger partial charge in [0.2, 0.25) is 11.8 Å². The minimum Gasteiger partial charge on any atom is -0.465 e. The molecule has 5 aromatic rings. The second-order valence-corrected chi connectivity index (χ2v) is 15.1. The van der Waals surface area contributed by atoms with Crippen LogP contribution in [0.5, 0.6) is 0 Å². The maximum atomic E-state index is 14.2. The van der Waals surface area contributed by atoms with Crippen molar-refractivity contribution in [3.63, 3.8) is 0 Å². The Hall–Kier alpha value is -5.75. The summed E-state index contributed by atoms with van der Waals surface area (Å²) in [5.74, 6) is 1.50. The fourth-order valence-corrected chi connectivity index (χ4v) is 8.59. The molecule has 0 aliphatic carbocycles. The number of hydrogen-bond donors (Lipinski definition) is 3. The molecule has 2 aliphatic rings. The average Bonchev–Trinajstić information content (AvgIpc) is 4.09. The number of amides is 3. The van der Waals surface area contributed by atoms with Gasteiger partial charge in [0.15, 0.2) is 0 Å². The van der Waals surface area contributed by atoms with Gasteiger partial charge in [-0.3, -0.25) is 19.4 Å². The molecule has 0 saturated carbocycles. The van der Waals surface area contributed by atoms with Crippen LogP contribution in [0.25, 0.3) is 33.6 Å². The number of carbonyl (C=O) groups is 3. The number of likely N-dealkylation sites (N-methyl/N-ethyl adjacent to an activating group) is 2. The van der Waals surface area contributed by atoms with Gasteiger partial charge >= 0.3 is 6.09 Å². The van der Waals surface area contributed by atoms with Crippen LogP contribution < -0.4 is 0 Å². The predicted octanol–water partition coefficient (Wildman–Crippen LogP) is 8.32. The molecule has 3 N–H and O–H groups in total. The molecule has 57 heavy (non-hydrogen) atoms. The van der Waals surface area contributed by atoms with Crippen molar-refractivity contribution in [2.75, 3.05) is 33.2 Å². The topological polar surface area (TPSA) is 142 Å². The lowest BCUT2D eigenvalue weighted by atomic mass is 10.0. The normalized spacial score (nSPS) is 17.9. The Morgan fingerprint density at radius 1 is 0.719 bits per heavy atom. The van der Waals surface area contributed by atoms with E-state index < -0.39 is 12.1 Å². The van der Waals surface area contributed by atoms with Gasteiger partial charge in [-0.15, -0.1) is 0 Å². The number of benzene rings is 3. The summed E-state index contributed by atoms with van der Waals surface area (Å²) < 4.78 is 0. The fourth-order valence-electron chi connectivity index (χ4n) is 8.59. The monoisotopic (exact) mass is 770 g/mol. The quantitative estimate of drug-likeness (QED) is 0.103. The zero-order valence-electron chi connectivity index (χ0n) is 33.4. The van der Waals surface area contributed by atoms with E-state index in [2.05, 4.69) is 94.4 Å². The Morgan fingerprint density at radius 3 is 1.65 bits per heavy atom. The number of aromatic nitrogens is 4. The highest BCUT2D eigenvalue weighted by molar-refractivity contribution is 5.86. The Morgan fingerprint density at radius 2 is 1.19 bits per heavy atom. The van der Waals surface area contributed by atoms with Crippen LogP contribution in [-0.2, 0) is 9.59 Å². The van der Waals surface area contributed by atoms with E-state index in [1.165, 1.54) is 7.05 Å². The summed E-state index contributed by atoms with van der Waals surface area (Å²) in [4.78, 5) is 63.1. The molecule has 0 spiro atoms. The number of imidazole rings is 2. The van der Waals surface area contributed by atoms with E-state index in [1.54, 1.807) is 11.1 Å². The number of nitrogens with zero attached hydrogens (tertiary/aromatic N) is 6. The summed E-state index contributed by atoms with van der Waals surface area (Å²) >= 11 is 0. The second kappa shape index (κ2) is 17.6. The number of nitrogens with one attached hydrogen (secondary N) is 2. The van der Waals surface area contributed by atoms with Crippen LogP contribution in [0.15, 0.2) is 91.3 Å². The molecular weight excluding hydrogens is 717 g/mol. The van der Waals surface area contributed by atoms with Gasteiger partial charge in [-0.25, -0.2) is 14.8 Å². The predicted molar refractivity (Wildman–Crippen MR) is 221 cm³/mol. The van der Waals surface area contributed by atoms with Gasteiger partial charge in [-0.1, -0.05) is 106 Å². The van der Waals surface area contributed by atoms with E-state index in [0.717, 1.165) is 88.7 Å². The number of carbonyl (C=O) groups excluding carboxylic acids is 2. The molecular formula is C45H54N8O4.